The van der Waals surface area contributed by atoms with E-state index in [0.717, 1.165) is 43.1 Å². The molecule has 1 aromatic carbocycles. The van der Waals surface area contributed by atoms with Crippen LogP contribution in [0.5, 0.6) is 0 Å². The molecule has 0 aromatic heterocycles. The van der Waals surface area contributed by atoms with Crippen LogP contribution in [0.1, 0.15) is 31.2 Å². The average Bonchev–Trinajstić information content (AvgIpc) is 2.88. The molecule has 1 unspecified atom stereocenters. The van der Waals surface area contributed by atoms with Gasteiger partial charge in [-0.1, -0.05) is 36.8 Å². The van der Waals surface area contributed by atoms with Crippen LogP contribution in [0, 0.1) is 0 Å². The van der Waals surface area contributed by atoms with Crippen molar-refractivity contribution in [1.82, 2.24) is 9.21 Å². The van der Waals surface area contributed by atoms with Gasteiger partial charge in [-0.25, -0.2) is 8.42 Å². The normalized spacial score (nSPS) is 24.4. The third kappa shape index (κ3) is 5.58. The van der Waals surface area contributed by atoms with Gasteiger partial charge in [0.15, 0.2) is 0 Å². The standard InChI is InChI=1S/C19H28N2O2S2/c22-25(23,15-10-18-8-3-1-4-9-18)21-13-7-14-24-17-19(21)16-20-11-5-2-6-12-20/h1,3-4,8-10,15,19H,2,5-7,11-14,16-17H2/b15-10+. The summed E-state index contributed by atoms with van der Waals surface area (Å²) in [6.45, 7) is 3.71. The Labute approximate surface area is 156 Å². The summed E-state index contributed by atoms with van der Waals surface area (Å²) < 4.78 is 27.7. The summed E-state index contributed by atoms with van der Waals surface area (Å²) in [5.41, 5.74) is 0.919. The van der Waals surface area contributed by atoms with E-state index in [1.165, 1.54) is 24.7 Å². The Kier molecular flexibility index (Phi) is 6.99. The molecule has 2 saturated heterocycles. The van der Waals surface area contributed by atoms with Gasteiger partial charge in [-0.15, -0.1) is 0 Å². The number of piperidine rings is 1. The number of hydrogen-bond donors (Lipinski definition) is 0. The Morgan fingerprint density at radius 1 is 1.04 bits per heavy atom. The second-order valence-corrected chi connectivity index (χ2v) is 9.73. The third-order valence-corrected chi connectivity index (χ3v) is 7.67. The van der Waals surface area contributed by atoms with Crippen molar-refractivity contribution >= 4 is 27.9 Å². The van der Waals surface area contributed by atoms with E-state index in [1.807, 2.05) is 42.1 Å². The molecule has 4 nitrogen and oxygen atoms in total. The minimum atomic E-state index is -3.39. The van der Waals surface area contributed by atoms with Crippen molar-refractivity contribution < 1.29 is 8.42 Å². The molecule has 3 rings (SSSR count). The molecule has 2 aliphatic heterocycles. The zero-order valence-corrected chi connectivity index (χ0v) is 16.4. The first-order chi connectivity index (χ1) is 12.1. The lowest BCUT2D eigenvalue weighted by Gasteiger charge is -2.34. The van der Waals surface area contributed by atoms with Gasteiger partial charge in [0.25, 0.3) is 0 Å². The van der Waals surface area contributed by atoms with Crippen LogP contribution in [-0.4, -0.2) is 61.3 Å². The summed E-state index contributed by atoms with van der Waals surface area (Å²) in [5.74, 6) is 1.94. The Hall–Kier alpha value is -0.820. The van der Waals surface area contributed by atoms with Crippen LogP contribution in [0.2, 0.25) is 0 Å². The molecule has 0 spiro atoms. The molecular formula is C19H28N2O2S2. The van der Waals surface area contributed by atoms with Crippen LogP contribution in [0.15, 0.2) is 35.7 Å². The van der Waals surface area contributed by atoms with Gasteiger partial charge in [0.1, 0.15) is 0 Å². The van der Waals surface area contributed by atoms with Gasteiger partial charge in [0.05, 0.1) is 0 Å². The monoisotopic (exact) mass is 380 g/mol. The molecule has 0 radical (unpaired) electrons. The summed E-state index contributed by atoms with van der Waals surface area (Å²) in [5, 5.41) is 1.39. The largest absolute Gasteiger partial charge is 0.302 e. The van der Waals surface area contributed by atoms with Crippen molar-refractivity contribution in [1.29, 1.82) is 0 Å². The van der Waals surface area contributed by atoms with Crippen molar-refractivity contribution in [3.63, 3.8) is 0 Å². The molecule has 0 N–H and O–H groups in total. The van der Waals surface area contributed by atoms with Gasteiger partial charge in [0, 0.05) is 30.3 Å². The molecule has 138 valence electrons. The first kappa shape index (κ1) is 19.0. The van der Waals surface area contributed by atoms with Gasteiger partial charge in [-0.2, -0.15) is 16.1 Å². The van der Waals surface area contributed by atoms with Gasteiger partial charge in [-0.3, -0.25) is 0 Å². The van der Waals surface area contributed by atoms with E-state index in [1.54, 1.807) is 10.4 Å². The highest BCUT2D eigenvalue weighted by molar-refractivity contribution is 7.99. The van der Waals surface area contributed by atoms with Crippen LogP contribution >= 0.6 is 11.8 Å². The number of thioether (sulfide) groups is 1. The van der Waals surface area contributed by atoms with Crippen molar-refractivity contribution in [2.45, 2.75) is 31.7 Å². The van der Waals surface area contributed by atoms with E-state index >= 15 is 0 Å². The lowest BCUT2D eigenvalue weighted by Crippen LogP contribution is -2.48. The van der Waals surface area contributed by atoms with Gasteiger partial charge in [0.2, 0.25) is 10.0 Å². The maximum atomic E-state index is 13.0. The highest BCUT2D eigenvalue weighted by atomic mass is 32.2. The van der Waals surface area contributed by atoms with Crippen molar-refractivity contribution in [2.75, 3.05) is 37.7 Å². The zero-order valence-electron chi connectivity index (χ0n) is 14.7. The second kappa shape index (κ2) is 9.21. The van der Waals surface area contributed by atoms with Crippen LogP contribution in [-0.2, 0) is 10.0 Å². The summed E-state index contributed by atoms with van der Waals surface area (Å²) in [4.78, 5) is 2.45. The second-order valence-electron chi connectivity index (χ2n) is 6.81. The topological polar surface area (TPSA) is 40.6 Å². The van der Waals surface area contributed by atoms with Crippen molar-refractivity contribution in [2.24, 2.45) is 0 Å². The van der Waals surface area contributed by atoms with Crippen LogP contribution in [0.4, 0.5) is 0 Å². The van der Waals surface area contributed by atoms with Crippen molar-refractivity contribution in [3.8, 4) is 0 Å². The first-order valence-electron chi connectivity index (χ1n) is 9.20. The lowest BCUT2D eigenvalue weighted by atomic mass is 10.1. The van der Waals surface area contributed by atoms with E-state index in [-0.39, 0.29) is 6.04 Å². The minimum absolute atomic E-state index is 0.0797. The highest BCUT2D eigenvalue weighted by Gasteiger charge is 2.31. The van der Waals surface area contributed by atoms with Gasteiger partial charge >= 0.3 is 0 Å². The smallest absolute Gasteiger partial charge is 0.236 e. The molecule has 0 saturated carbocycles. The fraction of sp³-hybridized carbons (Fsp3) is 0.579. The zero-order chi connectivity index (χ0) is 17.5. The minimum Gasteiger partial charge on any atom is -0.302 e. The number of benzene rings is 1. The van der Waals surface area contributed by atoms with E-state index in [4.69, 9.17) is 0 Å². The first-order valence-corrected chi connectivity index (χ1v) is 11.9. The predicted molar refractivity (Wildman–Crippen MR) is 107 cm³/mol. The number of rotatable bonds is 5. The van der Waals surface area contributed by atoms with E-state index < -0.39 is 10.0 Å². The van der Waals surface area contributed by atoms with Crippen molar-refractivity contribution in [3.05, 3.63) is 41.3 Å². The Morgan fingerprint density at radius 2 is 1.80 bits per heavy atom. The Balaban J connectivity index is 1.73. The molecule has 2 heterocycles. The molecule has 0 bridgehead atoms. The predicted octanol–water partition coefficient (Wildman–Crippen LogP) is 3.28. The summed E-state index contributed by atoms with van der Waals surface area (Å²) >= 11 is 1.89. The Bertz CT molecular complexity index is 655. The van der Waals surface area contributed by atoms with Crippen LogP contribution in [0.25, 0.3) is 6.08 Å². The van der Waals surface area contributed by atoms with E-state index in [2.05, 4.69) is 4.90 Å². The Morgan fingerprint density at radius 3 is 2.56 bits per heavy atom. The quantitative estimate of drug-likeness (QED) is 0.786. The molecule has 1 aromatic rings. The summed E-state index contributed by atoms with van der Waals surface area (Å²) in [7, 11) is -3.39. The van der Waals surface area contributed by atoms with Gasteiger partial charge in [-0.05, 0) is 49.7 Å². The van der Waals surface area contributed by atoms with Crippen LogP contribution in [0.3, 0.4) is 0 Å². The van der Waals surface area contributed by atoms with E-state index in [0.29, 0.717) is 6.54 Å². The van der Waals surface area contributed by atoms with Gasteiger partial charge < -0.3 is 4.90 Å². The molecule has 2 aliphatic rings. The fourth-order valence-electron chi connectivity index (χ4n) is 3.53. The molecule has 6 heteroatoms. The molecular weight excluding hydrogens is 352 g/mol. The summed E-state index contributed by atoms with van der Waals surface area (Å²) in [6, 6.07) is 9.72. The average molecular weight is 381 g/mol. The maximum absolute atomic E-state index is 13.0. The third-order valence-electron chi connectivity index (χ3n) is 4.86. The SMILES string of the molecule is O=S(=O)(/C=C/c1ccccc1)N1CCCSCC1CN1CCCCC1. The number of likely N-dealkylation sites (tertiary alicyclic amines) is 1. The fourth-order valence-corrected chi connectivity index (χ4v) is 6.11. The lowest BCUT2D eigenvalue weighted by molar-refractivity contribution is 0.184. The maximum Gasteiger partial charge on any atom is 0.236 e. The molecule has 0 aliphatic carbocycles. The number of hydrogen-bond acceptors (Lipinski definition) is 4. The molecule has 25 heavy (non-hydrogen) atoms. The molecule has 0 amide bonds. The molecule has 2 fully saturated rings. The number of nitrogens with zero attached hydrogens (tertiary/aromatic N) is 2. The number of sulfonamides is 1. The highest BCUT2D eigenvalue weighted by Crippen LogP contribution is 2.23. The van der Waals surface area contributed by atoms with E-state index in [9.17, 15) is 8.42 Å². The van der Waals surface area contributed by atoms with Crippen LogP contribution < -0.4 is 0 Å². The molecule has 1 atom stereocenters. The summed E-state index contributed by atoms with van der Waals surface area (Å²) in [6.07, 6.45) is 6.42.